The molecule has 0 unspecified atom stereocenters. The fraction of sp³-hybridized carbons (Fsp3) is 0. The topological polar surface area (TPSA) is 29.9 Å². The van der Waals surface area contributed by atoms with Gasteiger partial charge in [-0.1, -0.05) is 18.2 Å². The van der Waals surface area contributed by atoms with E-state index < -0.39 is 0 Å². The molecule has 0 radical (unpaired) electrons. The molecule has 2 aromatic heterocycles. The van der Waals surface area contributed by atoms with Crippen LogP contribution in [0.25, 0.3) is 32.7 Å². The second-order valence-electron chi connectivity index (χ2n) is 4.33. The quantitative estimate of drug-likeness (QED) is 0.470. The summed E-state index contributed by atoms with van der Waals surface area (Å²) in [5.41, 5.74) is 3.56. The Balaban J connectivity index is 2.28. The highest BCUT2D eigenvalue weighted by Gasteiger charge is 2.07. The van der Waals surface area contributed by atoms with Gasteiger partial charge in [-0.15, -0.1) is 0 Å². The summed E-state index contributed by atoms with van der Waals surface area (Å²) in [4.78, 5) is 6.74. The SMILES string of the molecule is c1c[nH+]c2cc3c(cc2c1)[nH]c1ccccc13. The fourth-order valence-electron chi connectivity index (χ4n) is 2.47. The number of hydrogen-bond donors (Lipinski definition) is 1. The van der Waals surface area contributed by atoms with Gasteiger partial charge in [0.15, 0.2) is 6.20 Å². The number of fused-ring (bicyclic) bond motifs is 4. The third-order valence-electron chi connectivity index (χ3n) is 3.29. The smallest absolute Gasteiger partial charge is 0.211 e. The molecule has 0 saturated carbocycles. The summed E-state index contributed by atoms with van der Waals surface area (Å²) in [5, 5.41) is 3.78. The second-order valence-corrected chi connectivity index (χ2v) is 4.33. The number of benzene rings is 2. The lowest BCUT2D eigenvalue weighted by Gasteiger charge is -1.92. The van der Waals surface area contributed by atoms with Crippen LogP contribution in [0.15, 0.2) is 54.7 Å². The third kappa shape index (κ3) is 1.18. The Bertz CT molecular complexity index is 837. The van der Waals surface area contributed by atoms with Gasteiger partial charge in [0.2, 0.25) is 5.52 Å². The summed E-state index contributed by atoms with van der Waals surface area (Å²) in [6.07, 6.45) is 1.96. The van der Waals surface area contributed by atoms with Crippen molar-refractivity contribution in [2.45, 2.75) is 0 Å². The lowest BCUT2D eigenvalue weighted by Crippen LogP contribution is -2.00. The van der Waals surface area contributed by atoms with E-state index in [9.17, 15) is 0 Å². The molecule has 0 atom stereocenters. The Morgan fingerprint density at radius 3 is 2.76 bits per heavy atom. The van der Waals surface area contributed by atoms with Crippen molar-refractivity contribution < 1.29 is 4.98 Å². The van der Waals surface area contributed by atoms with Gasteiger partial charge in [-0.3, -0.25) is 0 Å². The first-order valence-corrected chi connectivity index (χ1v) is 5.73. The molecular formula is C15H11N2+. The summed E-state index contributed by atoms with van der Waals surface area (Å²) >= 11 is 0. The van der Waals surface area contributed by atoms with Gasteiger partial charge >= 0.3 is 0 Å². The van der Waals surface area contributed by atoms with Crippen LogP contribution in [0.3, 0.4) is 0 Å². The van der Waals surface area contributed by atoms with Crippen LogP contribution in [0, 0.1) is 0 Å². The van der Waals surface area contributed by atoms with Gasteiger partial charge in [0, 0.05) is 39.3 Å². The molecule has 2 heteroatoms. The molecule has 0 amide bonds. The van der Waals surface area contributed by atoms with Crippen molar-refractivity contribution in [2.75, 3.05) is 0 Å². The van der Waals surface area contributed by atoms with Crippen LogP contribution in [0.5, 0.6) is 0 Å². The maximum Gasteiger partial charge on any atom is 0.211 e. The lowest BCUT2D eigenvalue weighted by atomic mass is 10.1. The lowest BCUT2D eigenvalue weighted by molar-refractivity contribution is -0.344. The van der Waals surface area contributed by atoms with Gasteiger partial charge in [0.25, 0.3) is 0 Å². The molecule has 2 nitrogen and oxygen atoms in total. The van der Waals surface area contributed by atoms with Crippen LogP contribution in [0.1, 0.15) is 0 Å². The molecule has 2 aromatic carbocycles. The van der Waals surface area contributed by atoms with Crippen molar-refractivity contribution in [3.8, 4) is 0 Å². The van der Waals surface area contributed by atoms with Crippen molar-refractivity contribution >= 4 is 32.7 Å². The third-order valence-corrected chi connectivity index (χ3v) is 3.29. The standard InChI is InChI=1S/C15H10N2/c1-2-6-13-11(5-1)12-9-14-10(4-3-7-16-14)8-15(12)17-13/h1-9,17H/p+1. The summed E-state index contributed by atoms with van der Waals surface area (Å²) in [6, 6.07) is 17.0. The van der Waals surface area contributed by atoms with Crippen LogP contribution in [-0.4, -0.2) is 4.98 Å². The monoisotopic (exact) mass is 219 g/mol. The van der Waals surface area contributed by atoms with Crippen molar-refractivity contribution in [3.05, 3.63) is 54.7 Å². The van der Waals surface area contributed by atoms with Crippen LogP contribution in [0.2, 0.25) is 0 Å². The van der Waals surface area contributed by atoms with Gasteiger partial charge in [-0.2, -0.15) is 0 Å². The molecule has 0 bridgehead atoms. The van der Waals surface area contributed by atoms with Crippen LogP contribution >= 0.6 is 0 Å². The first-order valence-electron chi connectivity index (χ1n) is 5.73. The first-order chi connectivity index (χ1) is 8.42. The molecule has 17 heavy (non-hydrogen) atoms. The Kier molecular flexibility index (Phi) is 1.59. The van der Waals surface area contributed by atoms with E-state index in [1.165, 1.54) is 32.7 Å². The molecule has 0 aliphatic carbocycles. The maximum absolute atomic E-state index is 3.46. The summed E-state index contributed by atoms with van der Waals surface area (Å²) < 4.78 is 0. The molecule has 80 valence electrons. The van der Waals surface area contributed by atoms with E-state index in [1.807, 2.05) is 12.3 Å². The Hall–Kier alpha value is -2.35. The van der Waals surface area contributed by atoms with Crippen LogP contribution in [-0.2, 0) is 0 Å². The second kappa shape index (κ2) is 3.08. The molecule has 0 aliphatic heterocycles. The summed E-state index contributed by atoms with van der Waals surface area (Å²) in [6.45, 7) is 0. The molecule has 0 spiro atoms. The predicted molar refractivity (Wildman–Crippen MR) is 69.9 cm³/mol. The number of aromatic nitrogens is 2. The highest BCUT2D eigenvalue weighted by atomic mass is 14.7. The molecule has 4 rings (SSSR count). The number of nitrogens with one attached hydrogen (secondary N) is 2. The van der Waals surface area contributed by atoms with E-state index in [2.05, 4.69) is 52.4 Å². The Labute approximate surface area is 97.9 Å². The predicted octanol–water partition coefficient (Wildman–Crippen LogP) is 3.29. The van der Waals surface area contributed by atoms with Crippen molar-refractivity contribution in [1.82, 2.24) is 4.98 Å². The van der Waals surface area contributed by atoms with Crippen molar-refractivity contribution in [1.29, 1.82) is 0 Å². The first kappa shape index (κ1) is 8.76. The van der Waals surface area contributed by atoms with Gasteiger partial charge in [0.05, 0.1) is 0 Å². The van der Waals surface area contributed by atoms with Crippen LogP contribution < -0.4 is 4.98 Å². The van der Waals surface area contributed by atoms with E-state index in [0.29, 0.717) is 0 Å². The average molecular weight is 219 g/mol. The highest BCUT2D eigenvalue weighted by molar-refractivity contribution is 6.10. The maximum atomic E-state index is 3.46. The zero-order valence-corrected chi connectivity index (χ0v) is 9.20. The zero-order valence-electron chi connectivity index (χ0n) is 9.20. The number of pyridine rings is 1. The van der Waals surface area contributed by atoms with Gasteiger partial charge in [-0.25, -0.2) is 4.98 Å². The van der Waals surface area contributed by atoms with Gasteiger partial charge in [0.1, 0.15) is 0 Å². The highest BCUT2D eigenvalue weighted by Crippen LogP contribution is 2.27. The van der Waals surface area contributed by atoms with E-state index in [-0.39, 0.29) is 0 Å². The van der Waals surface area contributed by atoms with Crippen molar-refractivity contribution in [2.24, 2.45) is 0 Å². The molecule has 0 aliphatic rings. The summed E-state index contributed by atoms with van der Waals surface area (Å²) in [7, 11) is 0. The van der Waals surface area contributed by atoms with Gasteiger partial charge < -0.3 is 4.98 Å². The Morgan fingerprint density at radius 2 is 1.76 bits per heavy atom. The van der Waals surface area contributed by atoms with Crippen molar-refractivity contribution in [3.63, 3.8) is 0 Å². The normalized spacial score (nSPS) is 11.5. The average Bonchev–Trinajstić information content (AvgIpc) is 2.73. The minimum atomic E-state index is 1.17. The number of para-hydroxylation sites is 1. The molecule has 2 N–H and O–H groups in total. The largest absolute Gasteiger partial charge is 0.354 e. The van der Waals surface area contributed by atoms with Gasteiger partial charge in [-0.05, 0) is 18.2 Å². The molecule has 0 saturated heterocycles. The van der Waals surface area contributed by atoms with Crippen LogP contribution in [0.4, 0.5) is 0 Å². The minimum absolute atomic E-state index is 1.17. The summed E-state index contributed by atoms with van der Waals surface area (Å²) in [5.74, 6) is 0. The van der Waals surface area contributed by atoms with E-state index >= 15 is 0 Å². The number of hydrogen-bond acceptors (Lipinski definition) is 0. The number of aromatic amines is 2. The number of H-pyrrole nitrogens is 2. The number of rotatable bonds is 0. The van der Waals surface area contributed by atoms with E-state index in [0.717, 1.165) is 0 Å². The fourth-order valence-corrected chi connectivity index (χ4v) is 2.47. The minimum Gasteiger partial charge on any atom is -0.354 e. The molecule has 2 heterocycles. The molecular weight excluding hydrogens is 208 g/mol. The Morgan fingerprint density at radius 1 is 0.824 bits per heavy atom. The molecule has 4 aromatic rings. The zero-order chi connectivity index (χ0) is 11.2. The van der Waals surface area contributed by atoms with E-state index in [1.54, 1.807) is 0 Å². The molecule has 0 fully saturated rings. The van der Waals surface area contributed by atoms with E-state index in [4.69, 9.17) is 0 Å².